The van der Waals surface area contributed by atoms with Gasteiger partial charge in [-0.3, -0.25) is 19.3 Å². The van der Waals surface area contributed by atoms with Gasteiger partial charge in [-0.05, 0) is 50.1 Å². The Bertz CT molecular complexity index is 1420. The highest BCUT2D eigenvalue weighted by Crippen LogP contribution is 2.50. The predicted molar refractivity (Wildman–Crippen MR) is 149 cm³/mol. The second-order valence-corrected chi connectivity index (χ2v) is 13.2. The van der Waals surface area contributed by atoms with Gasteiger partial charge >= 0.3 is 12.6 Å². The maximum atomic E-state index is 15.3. The summed E-state index contributed by atoms with van der Waals surface area (Å²) in [6, 6.07) is 11.0. The van der Waals surface area contributed by atoms with Crippen molar-refractivity contribution in [2.75, 3.05) is 6.61 Å². The lowest BCUT2D eigenvalue weighted by Crippen LogP contribution is -2.52. The number of hydrogen-bond donors (Lipinski definition) is 2. The highest BCUT2D eigenvalue weighted by molar-refractivity contribution is 8.09. The van der Waals surface area contributed by atoms with Crippen LogP contribution in [-0.4, -0.2) is 76.9 Å². The topological polar surface area (TPSA) is 124 Å². The van der Waals surface area contributed by atoms with E-state index in [2.05, 4.69) is 5.09 Å². The SMILES string of the molecule is CC(C)OC(=O)[C@H](C)NP(=S)(OC[C@@]1(C(F)F)O[C@@H](N2C=CC(=O)CC2=O)[C@@H](F)[C@@H]1O)Oc1cccc2ccccc12. The van der Waals surface area contributed by atoms with Gasteiger partial charge in [-0.25, -0.2) is 18.3 Å². The van der Waals surface area contributed by atoms with E-state index in [1.54, 1.807) is 44.2 Å². The summed E-state index contributed by atoms with van der Waals surface area (Å²) in [6.07, 6.45) is -9.65. The fourth-order valence-electron chi connectivity index (χ4n) is 4.44. The van der Waals surface area contributed by atoms with Crippen molar-refractivity contribution in [1.29, 1.82) is 0 Å². The molecule has 1 amide bonds. The smallest absolute Gasteiger partial charge is 0.323 e. The number of fused-ring (bicyclic) bond motifs is 1. The Morgan fingerprint density at radius 3 is 2.57 bits per heavy atom. The Hall–Kier alpha value is -2.87. The number of esters is 1. The molecular formula is C27H30F3N2O8PS. The third-order valence-electron chi connectivity index (χ3n) is 6.58. The summed E-state index contributed by atoms with van der Waals surface area (Å²) in [5, 5.41) is 14.8. The number of carbonyl (C=O) groups excluding carboxylic acids is 3. The van der Waals surface area contributed by atoms with Crippen LogP contribution in [0, 0.1) is 0 Å². The number of allylic oxidation sites excluding steroid dienone is 1. The Morgan fingerprint density at radius 2 is 1.90 bits per heavy atom. The van der Waals surface area contributed by atoms with Gasteiger partial charge in [0.2, 0.25) is 5.91 Å². The molecule has 0 saturated carbocycles. The van der Waals surface area contributed by atoms with Crippen LogP contribution >= 0.6 is 6.64 Å². The van der Waals surface area contributed by atoms with Crippen LogP contribution in [0.2, 0.25) is 0 Å². The minimum Gasteiger partial charge on any atom is -0.462 e. The Morgan fingerprint density at radius 1 is 1.21 bits per heavy atom. The Balaban J connectivity index is 1.65. The molecule has 2 aromatic rings. The summed E-state index contributed by atoms with van der Waals surface area (Å²) >= 11 is 5.64. The van der Waals surface area contributed by atoms with Crippen molar-refractivity contribution < 1.29 is 51.2 Å². The molecule has 0 aromatic heterocycles. The molecule has 0 bridgehead atoms. The zero-order chi connectivity index (χ0) is 30.8. The van der Waals surface area contributed by atoms with Crippen molar-refractivity contribution in [3.63, 3.8) is 0 Å². The normalized spacial score (nSPS) is 26.6. The Labute approximate surface area is 245 Å². The van der Waals surface area contributed by atoms with Gasteiger partial charge in [0.05, 0.1) is 19.1 Å². The van der Waals surface area contributed by atoms with Crippen LogP contribution in [0.15, 0.2) is 54.7 Å². The largest absolute Gasteiger partial charge is 0.462 e. The molecular weight excluding hydrogens is 600 g/mol. The lowest BCUT2D eigenvalue weighted by Gasteiger charge is -2.35. The second kappa shape index (κ2) is 12.8. The minimum atomic E-state index is -3.96. The van der Waals surface area contributed by atoms with E-state index in [0.717, 1.165) is 17.7 Å². The zero-order valence-corrected chi connectivity index (χ0v) is 24.5. The van der Waals surface area contributed by atoms with Gasteiger partial charge in [0.25, 0.3) is 6.43 Å². The number of rotatable bonds is 11. The maximum absolute atomic E-state index is 15.3. The molecule has 0 spiro atoms. The van der Waals surface area contributed by atoms with Gasteiger partial charge in [-0.1, -0.05) is 36.4 Å². The number of hydrogen-bond acceptors (Lipinski definition) is 9. The van der Waals surface area contributed by atoms with E-state index < -0.39 is 80.0 Å². The highest BCUT2D eigenvalue weighted by Gasteiger charge is 2.63. The Kier molecular flexibility index (Phi) is 9.75. The van der Waals surface area contributed by atoms with E-state index in [1.165, 1.54) is 6.92 Å². The van der Waals surface area contributed by atoms with Gasteiger partial charge in [0.1, 0.15) is 17.9 Å². The van der Waals surface area contributed by atoms with E-state index in [9.17, 15) is 28.3 Å². The monoisotopic (exact) mass is 630 g/mol. The zero-order valence-electron chi connectivity index (χ0n) is 22.8. The molecule has 1 fully saturated rings. The van der Waals surface area contributed by atoms with E-state index >= 15 is 4.39 Å². The first kappa shape index (κ1) is 32.1. The van der Waals surface area contributed by atoms with Crippen LogP contribution in [0.5, 0.6) is 5.75 Å². The molecule has 0 aliphatic carbocycles. The van der Waals surface area contributed by atoms with Crippen LogP contribution in [0.4, 0.5) is 13.2 Å². The summed E-state index contributed by atoms with van der Waals surface area (Å²) in [5.41, 5.74) is -2.99. The van der Waals surface area contributed by atoms with Gasteiger partial charge in [0, 0.05) is 11.6 Å². The molecule has 2 N–H and O–H groups in total. The summed E-state index contributed by atoms with van der Waals surface area (Å²) in [6.45, 7) is -0.459. The number of ketones is 1. The average Bonchev–Trinajstić information content (AvgIpc) is 3.18. The molecule has 2 heterocycles. The van der Waals surface area contributed by atoms with Gasteiger partial charge in [-0.2, -0.15) is 0 Å². The van der Waals surface area contributed by atoms with E-state index in [1.807, 2.05) is 12.1 Å². The van der Waals surface area contributed by atoms with Crippen molar-refractivity contribution in [2.45, 2.75) is 69.9 Å². The molecule has 2 aliphatic rings. The number of aliphatic hydroxyl groups is 1. The number of halogens is 3. The fraction of sp³-hybridized carbons (Fsp3) is 0.444. The van der Waals surface area contributed by atoms with Crippen LogP contribution in [0.1, 0.15) is 27.2 Å². The molecule has 4 rings (SSSR count). The average molecular weight is 631 g/mol. The molecule has 15 heteroatoms. The summed E-state index contributed by atoms with van der Waals surface area (Å²) < 4.78 is 66.8. The van der Waals surface area contributed by atoms with Gasteiger partial charge in [-0.15, -0.1) is 0 Å². The standard InChI is InChI=1S/C27H30F3N2O8PS/c1-15(2)38-25(36)16(3)31-41(42,40-20-10-6-8-17-7-4-5-9-19(17)20)37-14-27(26(29)30)23(35)22(28)24(39-27)32-12-11-18(33)13-21(32)34/h4-12,15-16,22-24,26,35H,13-14H2,1-3H3,(H,31,42)/t16-,22-,23-,24+,27+,41?/m0/s1. The first-order chi connectivity index (χ1) is 19.8. The molecule has 2 aliphatic heterocycles. The number of benzene rings is 2. The lowest BCUT2D eigenvalue weighted by molar-refractivity contribution is -0.199. The van der Waals surface area contributed by atoms with Crippen molar-refractivity contribution >= 4 is 46.9 Å². The van der Waals surface area contributed by atoms with Crippen LogP contribution in [0.25, 0.3) is 10.8 Å². The van der Waals surface area contributed by atoms with Gasteiger partial charge in [0.15, 0.2) is 23.8 Å². The number of ether oxygens (including phenoxy) is 2. The molecule has 228 valence electrons. The van der Waals surface area contributed by atoms with E-state index in [4.69, 9.17) is 30.3 Å². The van der Waals surface area contributed by atoms with Crippen molar-refractivity contribution in [1.82, 2.24) is 9.99 Å². The molecule has 2 aromatic carbocycles. The van der Waals surface area contributed by atoms with E-state index in [-0.39, 0.29) is 5.75 Å². The van der Waals surface area contributed by atoms with Crippen molar-refractivity contribution in [2.24, 2.45) is 0 Å². The van der Waals surface area contributed by atoms with Gasteiger partial charge < -0.3 is 23.6 Å². The van der Waals surface area contributed by atoms with Crippen molar-refractivity contribution in [3.05, 3.63) is 54.7 Å². The third-order valence-corrected chi connectivity index (χ3v) is 9.04. The van der Waals surface area contributed by atoms with Crippen molar-refractivity contribution in [3.8, 4) is 5.75 Å². The van der Waals surface area contributed by atoms with Crippen LogP contribution < -0.4 is 9.61 Å². The predicted octanol–water partition coefficient (Wildman–Crippen LogP) is 3.76. The number of aliphatic hydroxyl groups excluding tert-OH is 1. The number of nitrogens with zero attached hydrogens (tertiary/aromatic N) is 1. The highest BCUT2D eigenvalue weighted by atomic mass is 32.5. The maximum Gasteiger partial charge on any atom is 0.323 e. The first-order valence-corrected chi connectivity index (χ1v) is 15.6. The number of nitrogens with one attached hydrogen (secondary N) is 1. The molecule has 1 unspecified atom stereocenters. The molecule has 6 atom stereocenters. The number of amides is 1. The minimum absolute atomic E-state index is 0.210. The quantitative estimate of drug-likeness (QED) is 0.216. The third kappa shape index (κ3) is 6.69. The second-order valence-electron chi connectivity index (χ2n) is 10.1. The molecule has 0 radical (unpaired) electrons. The van der Waals surface area contributed by atoms with Crippen LogP contribution in [0.3, 0.4) is 0 Å². The summed E-state index contributed by atoms with van der Waals surface area (Å²) in [7, 11) is 0. The van der Waals surface area contributed by atoms with E-state index in [0.29, 0.717) is 10.3 Å². The number of carbonyl (C=O) groups is 3. The fourth-order valence-corrected chi connectivity index (χ4v) is 6.86. The van der Waals surface area contributed by atoms with Crippen LogP contribution in [-0.2, 0) is 40.2 Å². The lowest BCUT2D eigenvalue weighted by atomic mass is 9.97. The molecule has 42 heavy (non-hydrogen) atoms. The molecule has 10 nitrogen and oxygen atoms in total. The summed E-state index contributed by atoms with van der Waals surface area (Å²) in [4.78, 5) is 37.1. The molecule has 1 saturated heterocycles. The summed E-state index contributed by atoms with van der Waals surface area (Å²) in [5.74, 6) is -1.96. The number of alkyl halides is 3. The first-order valence-electron chi connectivity index (χ1n) is 13.0.